The number of hydrogen-bond acceptors (Lipinski definition) is 4. The van der Waals surface area contributed by atoms with E-state index in [9.17, 15) is 4.79 Å². The molecule has 3 N–H and O–H groups in total. The lowest BCUT2D eigenvalue weighted by atomic mass is 10.2. The molecular formula is C18H22N2O3. The molecule has 5 nitrogen and oxygen atoms in total. The molecule has 0 saturated heterocycles. The maximum atomic E-state index is 11.0. The van der Waals surface area contributed by atoms with Crippen molar-refractivity contribution in [2.24, 2.45) is 5.73 Å². The van der Waals surface area contributed by atoms with Crippen molar-refractivity contribution in [3.05, 3.63) is 59.7 Å². The fourth-order valence-electron chi connectivity index (χ4n) is 2.06. The fraction of sp³-hybridized carbons (Fsp3) is 0.278. The number of methoxy groups -OCH3 is 1. The first-order valence-electron chi connectivity index (χ1n) is 7.46. The third-order valence-electron chi connectivity index (χ3n) is 3.55. The summed E-state index contributed by atoms with van der Waals surface area (Å²) in [4.78, 5) is 11.0. The number of rotatable bonds is 8. The van der Waals surface area contributed by atoms with Gasteiger partial charge in [0.15, 0.2) is 0 Å². The van der Waals surface area contributed by atoms with E-state index in [0.29, 0.717) is 13.2 Å². The summed E-state index contributed by atoms with van der Waals surface area (Å²) >= 11 is 0. The third kappa shape index (κ3) is 5.00. The van der Waals surface area contributed by atoms with E-state index in [-0.39, 0.29) is 11.9 Å². The van der Waals surface area contributed by atoms with Gasteiger partial charge in [-0.1, -0.05) is 30.3 Å². The van der Waals surface area contributed by atoms with Gasteiger partial charge in [-0.25, -0.2) is 0 Å². The van der Waals surface area contributed by atoms with Crippen molar-refractivity contribution in [3.63, 3.8) is 0 Å². The van der Waals surface area contributed by atoms with Crippen LogP contribution >= 0.6 is 0 Å². The summed E-state index contributed by atoms with van der Waals surface area (Å²) in [6.45, 7) is 2.77. The largest absolute Gasteiger partial charge is 0.496 e. The van der Waals surface area contributed by atoms with Crippen LogP contribution in [0.15, 0.2) is 48.5 Å². The Morgan fingerprint density at radius 2 is 1.87 bits per heavy atom. The van der Waals surface area contributed by atoms with E-state index in [4.69, 9.17) is 15.2 Å². The molecule has 0 aliphatic rings. The topological polar surface area (TPSA) is 73.6 Å². The Morgan fingerprint density at radius 1 is 1.17 bits per heavy atom. The van der Waals surface area contributed by atoms with Crippen LogP contribution in [-0.4, -0.2) is 19.1 Å². The highest BCUT2D eigenvalue weighted by molar-refractivity contribution is 5.79. The molecule has 122 valence electrons. The van der Waals surface area contributed by atoms with Gasteiger partial charge in [0.05, 0.1) is 13.2 Å². The van der Waals surface area contributed by atoms with E-state index in [0.717, 1.165) is 22.6 Å². The van der Waals surface area contributed by atoms with Crippen LogP contribution in [0.4, 0.5) is 0 Å². The van der Waals surface area contributed by atoms with Gasteiger partial charge < -0.3 is 20.5 Å². The number of primary amides is 1. The molecule has 2 aromatic rings. The van der Waals surface area contributed by atoms with Gasteiger partial charge in [-0.05, 0) is 30.7 Å². The normalized spacial score (nSPS) is 11.7. The van der Waals surface area contributed by atoms with Gasteiger partial charge in [0.25, 0.3) is 0 Å². The molecule has 0 heterocycles. The molecule has 5 heteroatoms. The number of benzene rings is 2. The van der Waals surface area contributed by atoms with E-state index < -0.39 is 0 Å². The average Bonchev–Trinajstić information content (AvgIpc) is 2.58. The highest BCUT2D eigenvalue weighted by Gasteiger charge is 2.07. The summed E-state index contributed by atoms with van der Waals surface area (Å²) in [6.07, 6.45) is 0. The van der Waals surface area contributed by atoms with Gasteiger partial charge in [0.2, 0.25) is 5.91 Å². The van der Waals surface area contributed by atoms with Crippen molar-refractivity contribution in [2.75, 3.05) is 7.11 Å². The zero-order chi connectivity index (χ0) is 16.7. The SMILES string of the molecule is COc1ccccc1COc1ccc(CNC(C)C(N)=O)cc1. The zero-order valence-electron chi connectivity index (χ0n) is 13.4. The number of nitrogens with two attached hydrogens (primary N) is 1. The summed E-state index contributed by atoms with van der Waals surface area (Å²) in [6, 6.07) is 15.1. The number of carbonyl (C=O) groups is 1. The molecule has 2 rings (SSSR count). The van der Waals surface area contributed by atoms with Crippen LogP contribution < -0.4 is 20.5 Å². The van der Waals surface area contributed by atoms with Crippen LogP contribution in [0.2, 0.25) is 0 Å². The lowest BCUT2D eigenvalue weighted by Crippen LogP contribution is -2.38. The van der Waals surface area contributed by atoms with Crippen LogP contribution in [0.5, 0.6) is 11.5 Å². The first-order chi connectivity index (χ1) is 11.1. The van der Waals surface area contributed by atoms with Gasteiger partial charge >= 0.3 is 0 Å². The Hall–Kier alpha value is -2.53. The predicted molar refractivity (Wildman–Crippen MR) is 89.3 cm³/mol. The lowest BCUT2D eigenvalue weighted by Gasteiger charge is -2.12. The number of nitrogens with one attached hydrogen (secondary N) is 1. The number of ether oxygens (including phenoxy) is 2. The van der Waals surface area contributed by atoms with Crippen molar-refractivity contribution < 1.29 is 14.3 Å². The maximum Gasteiger partial charge on any atom is 0.234 e. The molecule has 1 amide bonds. The summed E-state index contributed by atoms with van der Waals surface area (Å²) in [5.41, 5.74) is 7.27. The van der Waals surface area contributed by atoms with E-state index in [1.165, 1.54) is 0 Å². The molecule has 0 aliphatic heterocycles. The van der Waals surface area contributed by atoms with Crippen molar-refractivity contribution in [3.8, 4) is 11.5 Å². The minimum Gasteiger partial charge on any atom is -0.496 e. The predicted octanol–water partition coefficient (Wildman–Crippen LogP) is 2.24. The quantitative estimate of drug-likeness (QED) is 0.784. The Labute approximate surface area is 136 Å². The Balaban J connectivity index is 1.89. The van der Waals surface area contributed by atoms with Gasteiger partial charge in [-0.2, -0.15) is 0 Å². The Kier molecular flexibility index (Phi) is 6.00. The smallest absolute Gasteiger partial charge is 0.234 e. The van der Waals surface area contributed by atoms with Crippen molar-refractivity contribution >= 4 is 5.91 Å². The summed E-state index contributed by atoms with van der Waals surface area (Å²) in [7, 11) is 1.65. The third-order valence-corrected chi connectivity index (χ3v) is 3.55. The molecule has 0 aliphatic carbocycles. The summed E-state index contributed by atoms with van der Waals surface area (Å²) in [5, 5.41) is 3.06. The van der Waals surface area contributed by atoms with Gasteiger partial charge in [0.1, 0.15) is 18.1 Å². The first kappa shape index (κ1) is 16.8. The van der Waals surface area contributed by atoms with Crippen LogP contribution in [-0.2, 0) is 17.9 Å². The first-order valence-corrected chi connectivity index (χ1v) is 7.46. The van der Waals surface area contributed by atoms with E-state index in [1.54, 1.807) is 14.0 Å². The highest BCUT2D eigenvalue weighted by atomic mass is 16.5. The molecule has 23 heavy (non-hydrogen) atoms. The minimum atomic E-state index is -0.359. The maximum absolute atomic E-state index is 11.0. The molecule has 1 atom stereocenters. The van der Waals surface area contributed by atoms with Crippen LogP contribution in [0.3, 0.4) is 0 Å². The average molecular weight is 314 g/mol. The van der Waals surface area contributed by atoms with Crippen LogP contribution in [0.1, 0.15) is 18.1 Å². The molecule has 0 saturated carbocycles. The molecule has 0 bridgehead atoms. The highest BCUT2D eigenvalue weighted by Crippen LogP contribution is 2.20. The Bertz CT molecular complexity index is 641. The number of carbonyl (C=O) groups excluding carboxylic acids is 1. The molecule has 1 unspecified atom stereocenters. The number of para-hydroxylation sites is 1. The Morgan fingerprint density at radius 3 is 2.52 bits per heavy atom. The van der Waals surface area contributed by atoms with Gasteiger partial charge in [-0.15, -0.1) is 0 Å². The number of hydrogen-bond donors (Lipinski definition) is 2. The second-order valence-electron chi connectivity index (χ2n) is 5.25. The minimum absolute atomic E-state index is 0.350. The lowest BCUT2D eigenvalue weighted by molar-refractivity contribution is -0.119. The standard InChI is InChI=1S/C18H22N2O3/c1-13(18(19)21)20-11-14-7-9-16(10-8-14)23-12-15-5-3-4-6-17(15)22-2/h3-10,13,20H,11-12H2,1-2H3,(H2,19,21). The van der Waals surface area contributed by atoms with E-state index in [2.05, 4.69) is 5.32 Å². The molecule has 0 aromatic heterocycles. The second-order valence-corrected chi connectivity index (χ2v) is 5.25. The second kappa shape index (κ2) is 8.19. The molecule has 0 fully saturated rings. The molecule has 0 spiro atoms. The summed E-state index contributed by atoms with van der Waals surface area (Å²) in [5.74, 6) is 1.23. The van der Waals surface area contributed by atoms with Crippen LogP contribution in [0, 0.1) is 0 Å². The van der Waals surface area contributed by atoms with Crippen LogP contribution in [0.25, 0.3) is 0 Å². The number of amides is 1. The molecule has 2 aromatic carbocycles. The zero-order valence-corrected chi connectivity index (χ0v) is 13.4. The van der Waals surface area contributed by atoms with E-state index in [1.807, 2.05) is 48.5 Å². The summed E-state index contributed by atoms with van der Waals surface area (Å²) < 4.78 is 11.1. The molecule has 0 radical (unpaired) electrons. The van der Waals surface area contributed by atoms with Crippen molar-refractivity contribution in [1.82, 2.24) is 5.32 Å². The molecular weight excluding hydrogens is 292 g/mol. The van der Waals surface area contributed by atoms with Crippen molar-refractivity contribution in [2.45, 2.75) is 26.1 Å². The monoisotopic (exact) mass is 314 g/mol. The van der Waals surface area contributed by atoms with Crippen molar-refractivity contribution in [1.29, 1.82) is 0 Å². The fourth-order valence-corrected chi connectivity index (χ4v) is 2.06. The van der Waals surface area contributed by atoms with Gasteiger partial charge in [-0.3, -0.25) is 4.79 Å². The van der Waals surface area contributed by atoms with Gasteiger partial charge in [0, 0.05) is 12.1 Å². The van der Waals surface area contributed by atoms with E-state index >= 15 is 0 Å².